The van der Waals surface area contributed by atoms with E-state index >= 15 is 0 Å². The van der Waals surface area contributed by atoms with Crippen LogP contribution in [0.25, 0.3) is 22.0 Å². The Hall–Kier alpha value is -4.52. The van der Waals surface area contributed by atoms with Crippen LogP contribution in [0, 0.1) is 5.92 Å². The molecule has 7 heteroatoms. The Morgan fingerprint density at radius 3 is 2.24 bits per heavy atom. The smallest absolute Gasteiger partial charge is 0.341 e. The minimum absolute atomic E-state index is 0.00269. The number of pyridine rings is 1. The van der Waals surface area contributed by atoms with Crippen LogP contribution in [-0.2, 0) is 11.2 Å². The number of hydrogen-bond donors (Lipinski definition) is 3. The predicted molar refractivity (Wildman–Crippen MR) is 143 cm³/mol. The van der Waals surface area contributed by atoms with E-state index in [9.17, 15) is 24.3 Å². The summed E-state index contributed by atoms with van der Waals surface area (Å²) in [6.45, 7) is 3.95. The summed E-state index contributed by atoms with van der Waals surface area (Å²) < 4.78 is 0. The zero-order valence-corrected chi connectivity index (χ0v) is 20.7. The molecule has 1 amide bonds. The zero-order valence-electron chi connectivity index (χ0n) is 20.7. The van der Waals surface area contributed by atoms with Gasteiger partial charge in [0.1, 0.15) is 5.56 Å². The van der Waals surface area contributed by atoms with Crippen molar-refractivity contribution in [2.75, 3.05) is 0 Å². The molecule has 0 saturated heterocycles. The third-order valence-electron chi connectivity index (χ3n) is 6.21. The third kappa shape index (κ3) is 6.01. The van der Waals surface area contributed by atoms with Gasteiger partial charge in [0.2, 0.25) is 5.43 Å². The fraction of sp³-hybridized carbons (Fsp3) is 0.200. The number of carbonyl (C=O) groups is 3. The van der Waals surface area contributed by atoms with Gasteiger partial charge in [-0.25, -0.2) is 4.79 Å². The van der Waals surface area contributed by atoms with Crippen molar-refractivity contribution >= 4 is 28.6 Å². The first-order chi connectivity index (χ1) is 17.7. The van der Waals surface area contributed by atoms with Crippen molar-refractivity contribution in [3.63, 3.8) is 0 Å². The molecular weight excluding hydrogens is 468 g/mol. The van der Waals surface area contributed by atoms with Gasteiger partial charge < -0.3 is 15.4 Å². The number of ketones is 1. The number of nitrogens with one attached hydrogen (secondary N) is 2. The SMILES string of the molecule is CC(C)C[C@H](NC(=O)c1ccc(-c2ccccc2)cc1)C(=O)Cc1ccc2[nH]cc(C(=O)O)c(=O)c2c1. The molecule has 3 N–H and O–H groups in total. The van der Waals surface area contributed by atoms with Gasteiger partial charge in [0.25, 0.3) is 5.91 Å². The van der Waals surface area contributed by atoms with Crippen LogP contribution in [-0.4, -0.2) is 33.8 Å². The zero-order chi connectivity index (χ0) is 26.5. The second-order valence-electron chi connectivity index (χ2n) is 9.46. The lowest BCUT2D eigenvalue weighted by Gasteiger charge is -2.20. The lowest BCUT2D eigenvalue weighted by atomic mass is 9.95. The van der Waals surface area contributed by atoms with Crippen LogP contribution in [0.1, 0.15) is 46.5 Å². The van der Waals surface area contributed by atoms with E-state index < -0.39 is 17.4 Å². The molecule has 7 nitrogen and oxygen atoms in total. The molecule has 0 spiro atoms. The monoisotopic (exact) mass is 496 g/mol. The Balaban J connectivity index is 1.52. The first-order valence-electron chi connectivity index (χ1n) is 12.1. The highest BCUT2D eigenvalue weighted by Gasteiger charge is 2.23. The van der Waals surface area contributed by atoms with Crippen LogP contribution in [0.4, 0.5) is 0 Å². The predicted octanol–water partition coefficient (Wildman–Crippen LogP) is 4.85. The molecule has 0 aliphatic heterocycles. The van der Waals surface area contributed by atoms with E-state index in [0.717, 1.165) is 11.1 Å². The average Bonchev–Trinajstić information content (AvgIpc) is 2.89. The average molecular weight is 497 g/mol. The van der Waals surface area contributed by atoms with Crippen molar-refractivity contribution in [3.05, 3.63) is 106 Å². The van der Waals surface area contributed by atoms with E-state index in [0.29, 0.717) is 23.1 Å². The van der Waals surface area contributed by atoms with Crippen molar-refractivity contribution in [1.29, 1.82) is 0 Å². The maximum absolute atomic E-state index is 13.3. The summed E-state index contributed by atoms with van der Waals surface area (Å²) in [7, 11) is 0. The molecule has 0 radical (unpaired) electrons. The second-order valence-corrected chi connectivity index (χ2v) is 9.46. The molecule has 0 bridgehead atoms. The molecule has 0 aliphatic rings. The number of carboxylic acid groups (broad SMARTS) is 1. The number of benzene rings is 3. The lowest BCUT2D eigenvalue weighted by molar-refractivity contribution is -0.120. The van der Waals surface area contributed by atoms with Crippen molar-refractivity contribution in [2.24, 2.45) is 5.92 Å². The quantitative estimate of drug-likeness (QED) is 0.306. The molecule has 3 aromatic carbocycles. The number of hydrogen-bond acceptors (Lipinski definition) is 4. The number of rotatable bonds is 9. The first-order valence-corrected chi connectivity index (χ1v) is 12.1. The molecule has 4 rings (SSSR count). The third-order valence-corrected chi connectivity index (χ3v) is 6.21. The summed E-state index contributed by atoms with van der Waals surface area (Å²) in [6.07, 6.45) is 1.62. The molecule has 4 aromatic rings. The topological polar surface area (TPSA) is 116 Å². The summed E-state index contributed by atoms with van der Waals surface area (Å²) in [5.41, 5.74) is 2.58. The van der Waals surface area contributed by atoms with Gasteiger partial charge in [-0.3, -0.25) is 14.4 Å². The lowest BCUT2D eigenvalue weighted by Crippen LogP contribution is -2.42. The fourth-order valence-corrected chi connectivity index (χ4v) is 4.29. The molecule has 1 aromatic heterocycles. The number of amides is 1. The highest BCUT2D eigenvalue weighted by atomic mass is 16.4. The Morgan fingerprint density at radius 1 is 0.919 bits per heavy atom. The molecule has 188 valence electrons. The van der Waals surface area contributed by atoms with E-state index in [4.69, 9.17) is 0 Å². The maximum atomic E-state index is 13.3. The molecule has 37 heavy (non-hydrogen) atoms. The minimum Gasteiger partial charge on any atom is -0.477 e. The number of carboxylic acids is 1. The number of aromatic amines is 1. The van der Waals surface area contributed by atoms with Crippen LogP contribution in [0.5, 0.6) is 0 Å². The summed E-state index contributed by atoms with van der Waals surface area (Å²) >= 11 is 0. The normalized spacial score (nSPS) is 11.9. The van der Waals surface area contributed by atoms with Crippen LogP contribution < -0.4 is 10.7 Å². The van der Waals surface area contributed by atoms with Crippen molar-refractivity contribution in [2.45, 2.75) is 32.7 Å². The van der Waals surface area contributed by atoms with E-state index in [-0.39, 0.29) is 35.0 Å². The Kier molecular flexibility index (Phi) is 7.63. The molecule has 0 fully saturated rings. The number of aromatic nitrogens is 1. The van der Waals surface area contributed by atoms with Crippen LogP contribution in [0.2, 0.25) is 0 Å². The van der Waals surface area contributed by atoms with Gasteiger partial charge in [-0.2, -0.15) is 0 Å². The number of H-pyrrole nitrogens is 1. The molecule has 0 saturated carbocycles. The summed E-state index contributed by atoms with van der Waals surface area (Å²) in [4.78, 5) is 52.9. The van der Waals surface area contributed by atoms with Crippen molar-refractivity contribution < 1.29 is 19.5 Å². The Morgan fingerprint density at radius 2 is 1.59 bits per heavy atom. The second kappa shape index (κ2) is 11.0. The van der Waals surface area contributed by atoms with Gasteiger partial charge in [-0.1, -0.05) is 62.4 Å². The van der Waals surface area contributed by atoms with E-state index in [1.165, 1.54) is 12.3 Å². The van der Waals surface area contributed by atoms with Crippen LogP contribution in [0.15, 0.2) is 83.8 Å². The van der Waals surface area contributed by atoms with Gasteiger partial charge in [-0.15, -0.1) is 0 Å². The standard InChI is InChI=1S/C30H28N2O5/c1-18(2)14-26(32-29(35)22-11-9-21(10-12-22)20-6-4-3-5-7-20)27(33)16-19-8-13-25-23(15-19)28(34)24(17-31-25)30(36)37/h3-13,15,17-18,26H,14,16H2,1-2H3,(H,31,34)(H,32,35)(H,36,37)/t26-/m0/s1. The van der Waals surface area contributed by atoms with Gasteiger partial charge in [0, 0.05) is 29.1 Å². The highest BCUT2D eigenvalue weighted by Crippen LogP contribution is 2.20. The Bertz CT molecular complexity index is 1510. The molecule has 1 atom stereocenters. The van der Waals surface area contributed by atoms with Crippen LogP contribution >= 0.6 is 0 Å². The Labute approximate surface area is 214 Å². The highest BCUT2D eigenvalue weighted by molar-refractivity contribution is 5.99. The number of fused-ring (bicyclic) bond motifs is 1. The van der Waals surface area contributed by atoms with Gasteiger partial charge >= 0.3 is 5.97 Å². The first kappa shape index (κ1) is 25.6. The van der Waals surface area contributed by atoms with E-state index in [2.05, 4.69) is 10.3 Å². The van der Waals surface area contributed by atoms with E-state index in [1.807, 2.05) is 56.3 Å². The summed E-state index contributed by atoms with van der Waals surface area (Å²) in [5.74, 6) is -1.68. The van der Waals surface area contributed by atoms with E-state index in [1.54, 1.807) is 24.3 Å². The maximum Gasteiger partial charge on any atom is 0.341 e. The van der Waals surface area contributed by atoms with Gasteiger partial charge in [0.05, 0.1) is 6.04 Å². The molecule has 0 unspecified atom stereocenters. The largest absolute Gasteiger partial charge is 0.477 e. The molecular formula is C30H28N2O5. The molecule has 1 heterocycles. The fourth-order valence-electron chi connectivity index (χ4n) is 4.29. The molecule has 0 aliphatic carbocycles. The van der Waals surface area contributed by atoms with Crippen molar-refractivity contribution in [1.82, 2.24) is 10.3 Å². The van der Waals surface area contributed by atoms with Crippen molar-refractivity contribution in [3.8, 4) is 11.1 Å². The number of aromatic carboxylic acids is 1. The summed E-state index contributed by atoms with van der Waals surface area (Å²) in [5, 5.41) is 12.3. The minimum atomic E-state index is -1.32. The van der Waals surface area contributed by atoms with Gasteiger partial charge in [0.15, 0.2) is 5.78 Å². The number of Topliss-reactive ketones (excluding diaryl/α,β-unsaturated/α-hetero) is 1. The summed E-state index contributed by atoms with van der Waals surface area (Å²) in [6, 6.07) is 21.3. The van der Waals surface area contributed by atoms with Gasteiger partial charge in [-0.05, 0) is 53.3 Å². The van der Waals surface area contributed by atoms with Crippen LogP contribution in [0.3, 0.4) is 0 Å². The number of carbonyl (C=O) groups excluding carboxylic acids is 2.